The molecule has 2 heteroatoms. The van der Waals surface area contributed by atoms with E-state index in [2.05, 4.69) is 20.8 Å². The van der Waals surface area contributed by atoms with Crippen LogP contribution in [0.15, 0.2) is 11.6 Å². The van der Waals surface area contributed by atoms with Gasteiger partial charge in [0.2, 0.25) is 0 Å². The molecule has 0 aliphatic heterocycles. The Morgan fingerprint density at radius 2 is 1.62 bits per heavy atom. The van der Waals surface area contributed by atoms with Crippen LogP contribution in [0.25, 0.3) is 0 Å². The Morgan fingerprint density at radius 3 is 1.94 bits per heavy atom. The average molecular weight is 225 g/mol. The minimum Gasteiger partial charge on any atom is -0.330 e. The van der Waals surface area contributed by atoms with E-state index < -0.39 is 0 Å². The summed E-state index contributed by atoms with van der Waals surface area (Å²) in [6, 6.07) is 0. The molecule has 0 saturated heterocycles. The second kappa shape index (κ2) is 5.62. The average Bonchev–Trinajstić information content (AvgIpc) is 2.07. The van der Waals surface area contributed by atoms with Crippen LogP contribution in [0.5, 0.6) is 0 Å². The van der Waals surface area contributed by atoms with E-state index in [1.165, 1.54) is 0 Å². The fraction of sp³-hybridized carbons (Fsp3) is 0.786. The molecule has 0 fully saturated rings. The Labute approximate surface area is 100 Å². The van der Waals surface area contributed by atoms with Gasteiger partial charge in [-0.05, 0) is 30.4 Å². The minimum atomic E-state index is -0.300. The highest BCUT2D eigenvalue weighted by Crippen LogP contribution is 2.29. The first kappa shape index (κ1) is 15.4. The largest absolute Gasteiger partial charge is 0.330 e. The molecule has 2 nitrogen and oxygen atoms in total. The van der Waals surface area contributed by atoms with Gasteiger partial charge in [0.15, 0.2) is 5.78 Å². The summed E-state index contributed by atoms with van der Waals surface area (Å²) >= 11 is 0. The molecule has 16 heavy (non-hydrogen) atoms. The molecule has 0 aliphatic rings. The van der Waals surface area contributed by atoms with Crippen molar-refractivity contribution < 1.29 is 4.79 Å². The quantitative estimate of drug-likeness (QED) is 0.746. The number of Topliss-reactive ketones (excluding diaryl/α,β-unsaturated/α-hetero) is 1. The molecule has 0 aromatic carbocycles. The highest BCUT2D eigenvalue weighted by Gasteiger charge is 2.27. The van der Waals surface area contributed by atoms with Gasteiger partial charge in [0.25, 0.3) is 0 Å². The topological polar surface area (TPSA) is 43.1 Å². The molecule has 0 atom stereocenters. The van der Waals surface area contributed by atoms with Crippen molar-refractivity contribution in [2.45, 2.75) is 54.4 Å². The van der Waals surface area contributed by atoms with Gasteiger partial charge in [-0.15, -0.1) is 0 Å². The first-order valence-electron chi connectivity index (χ1n) is 6.02. The van der Waals surface area contributed by atoms with Crippen LogP contribution in [-0.4, -0.2) is 12.3 Å². The number of carbonyl (C=O) groups excluding carboxylic acids is 1. The summed E-state index contributed by atoms with van der Waals surface area (Å²) in [5, 5.41) is 0. The first-order chi connectivity index (χ1) is 7.08. The molecule has 0 amide bonds. The van der Waals surface area contributed by atoms with Crippen LogP contribution in [-0.2, 0) is 4.79 Å². The summed E-state index contributed by atoms with van der Waals surface area (Å²) in [6.45, 7) is 13.0. The van der Waals surface area contributed by atoms with E-state index in [-0.39, 0.29) is 16.6 Å². The Kier molecular flexibility index (Phi) is 5.40. The summed E-state index contributed by atoms with van der Waals surface area (Å²) in [7, 11) is 0. The van der Waals surface area contributed by atoms with Gasteiger partial charge in [-0.1, -0.05) is 47.6 Å². The molecule has 0 unspecified atom stereocenters. The maximum atomic E-state index is 12.2. The molecule has 94 valence electrons. The number of carbonyl (C=O) groups is 1. The molecule has 0 saturated carbocycles. The molecule has 0 aliphatic carbocycles. The van der Waals surface area contributed by atoms with Crippen molar-refractivity contribution >= 4 is 5.78 Å². The number of hydrogen-bond acceptors (Lipinski definition) is 2. The predicted molar refractivity (Wildman–Crippen MR) is 70.3 cm³/mol. The van der Waals surface area contributed by atoms with Crippen molar-refractivity contribution in [3.05, 3.63) is 11.6 Å². The molecule has 0 aromatic heterocycles. The number of hydrogen-bond donors (Lipinski definition) is 1. The Bertz CT molecular complexity index is 263. The number of ketones is 1. The second-order valence-corrected chi connectivity index (χ2v) is 6.62. The zero-order valence-corrected chi connectivity index (χ0v) is 11.7. The van der Waals surface area contributed by atoms with Gasteiger partial charge in [0, 0.05) is 5.41 Å². The monoisotopic (exact) mass is 225 g/mol. The SMILES string of the molecule is CC(C)(C)C/C(=C\CCN)C(=O)C(C)(C)C. The van der Waals surface area contributed by atoms with Gasteiger partial charge in [-0.2, -0.15) is 0 Å². The van der Waals surface area contributed by atoms with Crippen LogP contribution in [0, 0.1) is 10.8 Å². The maximum absolute atomic E-state index is 12.2. The van der Waals surface area contributed by atoms with Crippen molar-refractivity contribution in [3.63, 3.8) is 0 Å². The summed E-state index contributed by atoms with van der Waals surface area (Å²) in [4.78, 5) is 12.2. The van der Waals surface area contributed by atoms with Crippen molar-refractivity contribution in [1.82, 2.24) is 0 Å². The number of nitrogens with two attached hydrogens (primary N) is 1. The molecule has 0 rings (SSSR count). The Balaban J connectivity index is 4.90. The Hall–Kier alpha value is -0.630. The summed E-state index contributed by atoms with van der Waals surface area (Å²) < 4.78 is 0. The van der Waals surface area contributed by atoms with Crippen LogP contribution in [0.2, 0.25) is 0 Å². The predicted octanol–water partition coefficient (Wildman–Crippen LogP) is 3.31. The zero-order valence-electron chi connectivity index (χ0n) is 11.7. The molecule has 0 spiro atoms. The molecule has 0 aromatic rings. The fourth-order valence-electron chi connectivity index (χ4n) is 1.56. The summed E-state index contributed by atoms with van der Waals surface area (Å²) in [5.74, 6) is 0.246. The van der Waals surface area contributed by atoms with E-state index in [9.17, 15) is 4.79 Å². The number of rotatable bonds is 4. The van der Waals surface area contributed by atoms with E-state index >= 15 is 0 Å². The van der Waals surface area contributed by atoms with Crippen LogP contribution in [0.1, 0.15) is 54.4 Å². The van der Waals surface area contributed by atoms with Crippen LogP contribution < -0.4 is 5.73 Å². The lowest BCUT2D eigenvalue weighted by Crippen LogP contribution is -2.24. The van der Waals surface area contributed by atoms with Gasteiger partial charge < -0.3 is 5.73 Å². The van der Waals surface area contributed by atoms with Gasteiger partial charge >= 0.3 is 0 Å². The lowest BCUT2D eigenvalue weighted by molar-refractivity contribution is -0.122. The second-order valence-electron chi connectivity index (χ2n) is 6.62. The first-order valence-corrected chi connectivity index (χ1v) is 6.02. The van der Waals surface area contributed by atoms with Crippen LogP contribution in [0.3, 0.4) is 0 Å². The highest BCUT2D eigenvalue weighted by molar-refractivity contribution is 5.99. The van der Waals surface area contributed by atoms with Crippen molar-refractivity contribution in [2.24, 2.45) is 16.6 Å². The standard InChI is InChI=1S/C14H27NO/c1-13(2,3)10-11(8-7-9-15)12(16)14(4,5)6/h8H,7,9-10,15H2,1-6H3/b11-8+. The smallest absolute Gasteiger partial charge is 0.163 e. The zero-order chi connectivity index (χ0) is 13.0. The third-order valence-electron chi connectivity index (χ3n) is 2.25. The fourth-order valence-corrected chi connectivity index (χ4v) is 1.56. The van der Waals surface area contributed by atoms with Gasteiger partial charge in [-0.3, -0.25) is 4.79 Å². The summed E-state index contributed by atoms with van der Waals surface area (Å²) in [5.41, 5.74) is 6.27. The van der Waals surface area contributed by atoms with Crippen LogP contribution >= 0.6 is 0 Å². The van der Waals surface area contributed by atoms with Gasteiger partial charge in [0.05, 0.1) is 0 Å². The van der Waals surface area contributed by atoms with Gasteiger partial charge in [-0.25, -0.2) is 0 Å². The van der Waals surface area contributed by atoms with Crippen molar-refractivity contribution in [1.29, 1.82) is 0 Å². The van der Waals surface area contributed by atoms with E-state index in [1.807, 2.05) is 26.8 Å². The van der Waals surface area contributed by atoms with E-state index in [0.29, 0.717) is 6.54 Å². The number of allylic oxidation sites excluding steroid dienone is 1. The molecule has 0 bridgehead atoms. The van der Waals surface area contributed by atoms with Gasteiger partial charge in [0.1, 0.15) is 0 Å². The third kappa shape index (κ3) is 6.06. The molecular weight excluding hydrogens is 198 g/mol. The molecule has 2 N–H and O–H groups in total. The Morgan fingerprint density at radius 1 is 1.12 bits per heavy atom. The van der Waals surface area contributed by atoms with Crippen molar-refractivity contribution in [2.75, 3.05) is 6.54 Å². The third-order valence-corrected chi connectivity index (χ3v) is 2.25. The van der Waals surface area contributed by atoms with Crippen molar-refractivity contribution in [3.8, 4) is 0 Å². The lowest BCUT2D eigenvalue weighted by atomic mass is 9.79. The lowest BCUT2D eigenvalue weighted by Gasteiger charge is -2.24. The molecular formula is C14H27NO. The normalized spacial score (nSPS) is 14.1. The van der Waals surface area contributed by atoms with E-state index in [1.54, 1.807) is 0 Å². The highest BCUT2D eigenvalue weighted by atomic mass is 16.1. The molecule has 0 heterocycles. The van der Waals surface area contributed by atoms with E-state index in [0.717, 1.165) is 18.4 Å². The van der Waals surface area contributed by atoms with Crippen LogP contribution in [0.4, 0.5) is 0 Å². The minimum absolute atomic E-state index is 0.140. The van der Waals surface area contributed by atoms with E-state index in [4.69, 9.17) is 5.73 Å². The maximum Gasteiger partial charge on any atom is 0.163 e. The molecule has 0 radical (unpaired) electrons. The summed E-state index contributed by atoms with van der Waals surface area (Å²) in [6.07, 6.45) is 3.62.